The molecule has 2 N–H and O–H groups in total. The molecule has 150 valence electrons. The highest BCUT2D eigenvalue weighted by atomic mass is 15.2. The van der Waals surface area contributed by atoms with E-state index in [1.54, 1.807) is 0 Å². The third-order valence-corrected chi connectivity index (χ3v) is 6.15. The summed E-state index contributed by atoms with van der Waals surface area (Å²) in [6.45, 7) is 5.29. The SMILES string of the molecule is CCC(CCc1cccc2ccc(-c3nnc4ccccn34)nc12)[C@H](CC)CN. The van der Waals surface area contributed by atoms with Crippen molar-refractivity contribution in [2.45, 2.75) is 39.5 Å². The Morgan fingerprint density at radius 2 is 1.79 bits per heavy atom. The fourth-order valence-electron chi connectivity index (χ4n) is 4.36. The quantitative estimate of drug-likeness (QED) is 0.467. The molecular weight excluding hydrogens is 358 g/mol. The summed E-state index contributed by atoms with van der Waals surface area (Å²) in [6, 6.07) is 16.5. The number of nitrogens with zero attached hydrogens (tertiary/aromatic N) is 4. The number of nitrogens with two attached hydrogens (primary N) is 1. The second kappa shape index (κ2) is 8.70. The van der Waals surface area contributed by atoms with E-state index in [0.717, 1.165) is 48.5 Å². The van der Waals surface area contributed by atoms with Crippen LogP contribution in [0.1, 0.15) is 38.7 Å². The normalized spacial score (nSPS) is 13.8. The molecule has 0 aliphatic heterocycles. The fraction of sp³-hybridized carbons (Fsp3) is 0.375. The number of aryl methyl sites for hydroxylation is 1. The molecule has 0 amide bonds. The van der Waals surface area contributed by atoms with E-state index in [1.165, 1.54) is 17.4 Å². The molecule has 0 aliphatic carbocycles. The monoisotopic (exact) mass is 387 g/mol. The van der Waals surface area contributed by atoms with Crippen LogP contribution >= 0.6 is 0 Å². The third-order valence-electron chi connectivity index (χ3n) is 6.15. The third kappa shape index (κ3) is 3.87. The summed E-state index contributed by atoms with van der Waals surface area (Å²) in [5.74, 6) is 2.03. The number of para-hydroxylation sites is 1. The Kier molecular flexibility index (Phi) is 5.86. The highest BCUT2D eigenvalue weighted by molar-refractivity contribution is 5.84. The van der Waals surface area contributed by atoms with Gasteiger partial charge >= 0.3 is 0 Å². The van der Waals surface area contributed by atoms with E-state index < -0.39 is 0 Å². The molecule has 0 saturated carbocycles. The Balaban J connectivity index is 1.68. The molecule has 0 fully saturated rings. The molecule has 0 radical (unpaired) electrons. The van der Waals surface area contributed by atoms with Crippen LogP contribution in [0.25, 0.3) is 28.1 Å². The molecule has 0 bridgehead atoms. The fourth-order valence-corrected chi connectivity index (χ4v) is 4.36. The standard InChI is InChI=1S/C24H29N5/c1-3-17(18(4-2)16-25)11-12-19-8-7-9-20-13-14-21(26-23(19)20)24-28-27-22-10-5-6-15-29(22)24/h5-10,13-15,17-18H,3-4,11-12,16,25H2,1-2H3/t17?,18-/m1/s1. The number of pyridine rings is 2. The first-order valence-electron chi connectivity index (χ1n) is 10.6. The lowest BCUT2D eigenvalue weighted by Gasteiger charge is -2.24. The minimum atomic E-state index is 0.598. The van der Waals surface area contributed by atoms with Crippen molar-refractivity contribution in [3.63, 3.8) is 0 Å². The van der Waals surface area contributed by atoms with Crippen molar-refractivity contribution in [2.75, 3.05) is 6.54 Å². The van der Waals surface area contributed by atoms with Gasteiger partial charge in [-0.1, -0.05) is 57.0 Å². The largest absolute Gasteiger partial charge is 0.330 e. The zero-order valence-electron chi connectivity index (χ0n) is 17.3. The smallest absolute Gasteiger partial charge is 0.187 e. The summed E-state index contributed by atoms with van der Waals surface area (Å²) in [7, 11) is 0. The maximum absolute atomic E-state index is 6.01. The number of aromatic nitrogens is 4. The molecule has 1 aromatic carbocycles. The first kappa shape index (κ1) is 19.5. The second-order valence-electron chi connectivity index (χ2n) is 7.75. The Labute approximate surface area is 172 Å². The average Bonchev–Trinajstić information content (AvgIpc) is 3.20. The number of hydrogen-bond donors (Lipinski definition) is 1. The lowest BCUT2D eigenvalue weighted by Crippen LogP contribution is -2.23. The number of benzene rings is 1. The van der Waals surface area contributed by atoms with Gasteiger partial charge in [0.1, 0.15) is 5.69 Å². The molecule has 29 heavy (non-hydrogen) atoms. The van der Waals surface area contributed by atoms with Crippen LogP contribution in [-0.4, -0.2) is 26.1 Å². The summed E-state index contributed by atoms with van der Waals surface area (Å²) in [4.78, 5) is 5.01. The van der Waals surface area contributed by atoms with Crippen molar-refractivity contribution in [1.82, 2.24) is 19.6 Å². The minimum absolute atomic E-state index is 0.598. The second-order valence-corrected chi connectivity index (χ2v) is 7.75. The van der Waals surface area contributed by atoms with E-state index in [4.69, 9.17) is 10.7 Å². The van der Waals surface area contributed by atoms with Crippen LogP contribution in [0.15, 0.2) is 54.7 Å². The van der Waals surface area contributed by atoms with Crippen LogP contribution in [0.2, 0.25) is 0 Å². The molecule has 3 heterocycles. The van der Waals surface area contributed by atoms with E-state index in [0.29, 0.717) is 11.8 Å². The number of fused-ring (bicyclic) bond motifs is 2. The highest BCUT2D eigenvalue weighted by Crippen LogP contribution is 2.27. The van der Waals surface area contributed by atoms with E-state index in [1.807, 2.05) is 34.9 Å². The van der Waals surface area contributed by atoms with Gasteiger partial charge in [0.25, 0.3) is 0 Å². The Bertz CT molecular complexity index is 1100. The molecule has 1 unspecified atom stereocenters. The molecule has 5 heteroatoms. The summed E-state index contributed by atoms with van der Waals surface area (Å²) >= 11 is 0. The van der Waals surface area contributed by atoms with Gasteiger partial charge in [0, 0.05) is 11.6 Å². The summed E-state index contributed by atoms with van der Waals surface area (Å²) in [6.07, 6.45) is 6.46. The highest BCUT2D eigenvalue weighted by Gasteiger charge is 2.18. The van der Waals surface area contributed by atoms with E-state index >= 15 is 0 Å². The van der Waals surface area contributed by atoms with Crippen LogP contribution in [0.5, 0.6) is 0 Å². The van der Waals surface area contributed by atoms with Crippen molar-refractivity contribution < 1.29 is 0 Å². The maximum Gasteiger partial charge on any atom is 0.187 e. The minimum Gasteiger partial charge on any atom is -0.330 e. The summed E-state index contributed by atoms with van der Waals surface area (Å²) in [5, 5.41) is 9.80. The zero-order chi connectivity index (χ0) is 20.2. The predicted octanol–water partition coefficient (Wildman–Crippen LogP) is 4.89. The van der Waals surface area contributed by atoms with Gasteiger partial charge in [0.15, 0.2) is 11.5 Å². The molecule has 2 atom stereocenters. The lowest BCUT2D eigenvalue weighted by molar-refractivity contribution is 0.302. The van der Waals surface area contributed by atoms with E-state index in [2.05, 4.69) is 48.3 Å². The molecular formula is C24H29N5. The Morgan fingerprint density at radius 1 is 0.931 bits per heavy atom. The molecule has 0 spiro atoms. The molecule has 5 nitrogen and oxygen atoms in total. The zero-order valence-corrected chi connectivity index (χ0v) is 17.3. The van der Waals surface area contributed by atoms with Crippen molar-refractivity contribution in [3.05, 3.63) is 60.3 Å². The van der Waals surface area contributed by atoms with Crippen LogP contribution in [-0.2, 0) is 6.42 Å². The lowest BCUT2D eigenvalue weighted by atomic mass is 9.83. The van der Waals surface area contributed by atoms with E-state index in [-0.39, 0.29) is 0 Å². The van der Waals surface area contributed by atoms with Crippen LogP contribution in [0, 0.1) is 11.8 Å². The predicted molar refractivity (Wildman–Crippen MR) is 119 cm³/mol. The Morgan fingerprint density at radius 3 is 2.59 bits per heavy atom. The molecule has 0 aliphatic rings. The Hall–Kier alpha value is -2.79. The van der Waals surface area contributed by atoms with Crippen molar-refractivity contribution in [3.8, 4) is 11.5 Å². The van der Waals surface area contributed by atoms with Crippen LogP contribution in [0.3, 0.4) is 0 Å². The number of hydrogen-bond acceptors (Lipinski definition) is 4. The first-order chi connectivity index (χ1) is 14.2. The van der Waals surface area contributed by atoms with Gasteiger partial charge in [0.2, 0.25) is 0 Å². The van der Waals surface area contributed by atoms with Gasteiger partial charge in [-0.2, -0.15) is 0 Å². The van der Waals surface area contributed by atoms with Gasteiger partial charge in [0.05, 0.1) is 5.52 Å². The topological polar surface area (TPSA) is 69.1 Å². The van der Waals surface area contributed by atoms with Gasteiger partial charge in [-0.25, -0.2) is 4.98 Å². The molecule has 4 rings (SSSR count). The maximum atomic E-state index is 6.01. The van der Waals surface area contributed by atoms with Gasteiger partial charge in [-0.05, 0) is 55.0 Å². The molecule has 4 aromatic rings. The van der Waals surface area contributed by atoms with Crippen LogP contribution < -0.4 is 5.73 Å². The van der Waals surface area contributed by atoms with Gasteiger partial charge in [-0.3, -0.25) is 4.40 Å². The summed E-state index contributed by atoms with van der Waals surface area (Å²) < 4.78 is 1.98. The van der Waals surface area contributed by atoms with Gasteiger partial charge in [-0.15, -0.1) is 10.2 Å². The van der Waals surface area contributed by atoms with Crippen molar-refractivity contribution >= 4 is 16.6 Å². The number of rotatable bonds is 8. The molecule has 0 saturated heterocycles. The molecule has 3 aromatic heterocycles. The van der Waals surface area contributed by atoms with E-state index in [9.17, 15) is 0 Å². The van der Waals surface area contributed by atoms with Gasteiger partial charge < -0.3 is 5.73 Å². The van der Waals surface area contributed by atoms with Crippen molar-refractivity contribution in [2.24, 2.45) is 17.6 Å². The first-order valence-corrected chi connectivity index (χ1v) is 10.6. The summed E-state index contributed by atoms with van der Waals surface area (Å²) in [5.41, 5.74) is 10.0. The van der Waals surface area contributed by atoms with Crippen LogP contribution in [0.4, 0.5) is 0 Å². The van der Waals surface area contributed by atoms with Crippen molar-refractivity contribution in [1.29, 1.82) is 0 Å². The average molecular weight is 388 g/mol.